The molecule has 0 bridgehead atoms. The van der Waals surface area contributed by atoms with E-state index in [1.165, 1.54) is 7.11 Å². The molecule has 0 radical (unpaired) electrons. The number of ether oxygens (including phenoxy) is 2. The number of piperidine rings is 1. The summed E-state index contributed by atoms with van der Waals surface area (Å²) in [6.45, 7) is 5.29. The van der Waals surface area contributed by atoms with Crippen molar-refractivity contribution in [3.05, 3.63) is 28.7 Å². The van der Waals surface area contributed by atoms with Gasteiger partial charge < -0.3 is 19.7 Å². The standard InChI is InChI=1S/C19H27BrN2O4/c1-13(2)11-17(21-19(24)25-3)18(23)22-9-7-15(8-10-22)26-16-6-4-5-14(20)12-16/h4-6,12-13,15,17H,7-11H2,1-3H3,(H,21,24)/t17-/m1/s1. The fourth-order valence-electron chi connectivity index (χ4n) is 3.04. The highest BCUT2D eigenvalue weighted by Crippen LogP contribution is 2.23. The van der Waals surface area contributed by atoms with Crippen LogP contribution in [0.4, 0.5) is 4.79 Å². The van der Waals surface area contributed by atoms with Crippen LogP contribution in [0.25, 0.3) is 0 Å². The third kappa shape index (κ3) is 6.20. The van der Waals surface area contributed by atoms with Gasteiger partial charge in [0.2, 0.25) is 5.91 Å². The Labute approximate surface area is 163 Å². The van der Waals surface area contributed by atoms with Crippen LogP contribution < -0.4 is 10.1 Å². The number of carbonyl (C=O) groups excluding carboxylic acids is 2. The highest BCUT2D eigenvalue weighted by Gasteiger charge is 2.30. The van der Waals surface area contributed by atoms with Crippen LogP contribution in [0.1, 0.15) is 33.1 Å². The summed E-state index contributed by atoms with van der Waals surface area (Å²) in [5.41, 5.74) is 0. The summed E-state index contributed by atoms with van der Waals surface area (Å²) in [7, 11) is 1.30. The SMILES string of the molecule is COC(=O)N[C@H](CC(C)C)C(=O)N1CCC(Oc2cccc(Br)c2)CC1. The molecule has 1 aliphatic rings. The van der Waals surface area contributed by atoms with Crippen molar-refractivity contribution in [2.45, 2.75) is 45.3 Å². The minimum absolute atomic E-state index is 0.0509. The Bertz CT molecular complexity index is 615. The fourth-order valence-corrected chi connectivity index (χ4v) is 3.42. The van der Waals surface area contributed by atoms with Gasteiger partial charge in [0.1, 0.15) is 17.9 Å². The van der Waals surface area contributed by atoms with Crippen molar-refractivity contribution in [1.82, 2.24) is 10.2 Å². The van der Waals surface area contributed by atoms with Crippen molar-refractivity contribution in [3.63, 3.8) is 0 Å². The van der Waals surface area contributed by atoms with E-state index in [-0.39, 0.29) is 12.0 Å². The van der Waals surface area contributed by atoms with Crippen molar-refractivity contribution < 1.29 is 19.1 Å². The van der Waals surface area contributed by atoms with Gasteiger partial charge in [-0.25, -0.2) is 4.79 Å². The first kappa shape index (κ1) is 20.6. The molecule has 0 spiro atoms. The van der Waals surface area contributed by atoms with Crippen molar-refractivity contribution in [2.75, 3.05) is 20.2 Å². The van der Waals surface area contributed by atoms with Crippen LogP contribution in [0, 0.1) is 5.92 Å². The number of alkyl carbamates (subject to hydrolysis) is 1. The molecule has 1 aromatic carbocycles. The lowest BCUT2D eigenvalue weighted by molar-refractivity contribution is -0.135. The molecule has 2 rings (SSSR count). The van der Waals surface area contributed by atoms with Crippen LogP contribution in [0.2, 0.25) is 0 Å². The molecule has 0 saturated carbocycles. The highest BCUT2D eigenvalue weighted by atomic mass is 79.9. The number of amides is 2. The molecule has 7 heteroatoms. The van der Waals surface area contributed by atoms with Crippen molar-refractivity contribution in [3.8, 4) is 5.75 Å². The molecule has 144 valence electrons. The lowest BCUT2D eigenvalue weighted by Crippen LogP contribution is -2.52. The van der Waals surface area contributed by atoms with Gasteiger partial charge in [-0.15, -0.1) is 0 Å². The maximum absolute atomic E-state index is 12.8. The normalized spacial score (nSPS) is 16.3. The van der Waals surface area contributed by atoms with E-state index in [0.29, 0.717) is 25.4 Å². The average Bonchev–Trinajstić information content (AvgIpc) is 2.60. The van der Waals surface area contributed by atoms with E-state index in [1.54, 1.807) is 0 Å². The maximum Gasteiger partial charge on any atom is 0.407 e. The first-order valence-corrected chi connectivity index (χ1v) is 9.73. The molecule has 6 nitrogen and oxygen atoms in total. The van der Waals surface area contributed by atoms with Crippen LogP contribution in [0.5, 0.6) is 5.75 Å². The molecule has 0 aliphatic carbocycles. The van der Waals surface area contributed by atoms with E-state index < -0.39 is 12.1 Å². The van der Waals surface area contributed by atoms with Crippen LogP contribution in [0.3, 0.4) is 0 Å². The zero-order valence-corrected chi connectivity index (χ0v) is 17.1. The van der Waals surface area contributed by atoms with Gasteiger partial charge in [0, 0.05) is 30.4 Å². The molecule has 2 amide bonds. The van der Waals surface area contributed by atoms with E-state index in [1.807, 2.05) is 43.0 Å². The van der Waals surface area contributed by atoms with Gasteiger partial charge in [-0.1, -0.05) is 35.8 Å². The van der Waals surface area contributed by atoms with Gasteiger partial charge in [-0.3, -0.25) is 4.79 Å². The predicted molar refractivity (Wildman–Crippen MR) is 103 cm³/mol. The summed E-state index contributed by atoms with van der Waals surface area (Å²) in [4.78, 5) is 26.2. The summed E-state index contributed by atoms with van der Waals surface area (Å²) >= 11 is 3.44. The first-order valence-electron chi connectivity index (χ1n) is 8.94. The number of hydrogen-bond acceptors (Lipinski definition) is 4. The molecule has 0 aromatic heterocycles. The number of nitrogens with one attached hydrogen (secondary N) is 1. The largest absolute Gasteiger partial charge is 0.490 e. The molecule has 0 unspecified atom stereocenters. The van der Waals surface area contributed by atoms with Gasteiger partial charge in [0.15, 0.2) is 0 Å². The lowest BCUT2D eigenvalue weighted by atomic mass is 10.0. The van der Waals surface area contributed by atoms with E-state index >= 15 is 0 Å². The highest BCUT2D eigenvalue weighted by molar-refractivity contribution is 9.10. The number of likely N-dealkylation sites (tertiary alicyclic amines) is 1. The first-order chi connectivity index (χ1) is 12.4. The molecule has 1 saturated heterocycles. The van der Waals surface area contributed by atoms with Gasteiger partial charge in [0.25, 0.3) is 0 Å². The fraction of sp³-hybridized carbons (Fsp3) is 0.579. The average molecular weight is 427 g/mol. The second-order valence-electron chi connectivity index (χ2n) is 6.92. The molecule has 1 heterocycles. The maximum atomic E-state index is 12.8. The number of rotatable bonds is 6. The smallest absolute Gasteiger partial charge is 0.407 e. The molecule has 1 fully saturated rings. The molecule has 1 aliphatic heterocycles. The summed E-state index contributed by atoms with van der Waals surface area (Å²) in [5.74, 6) is 1.07. The van der Waals surface area contributed by atoms with Crippen molar-refractivity contribution in [1.29, 1.82) is 0 Å². The topological polar surface area (TPSA) is 67.9 Å². The minimum Gasteiger partial charge on any atom is -0.490 e. The van der Waals surface area contributed by atoms with E-state index in [0.717, 1.165) is 23.1 Å². The molecular weight excluding hydrogens is 400 g/mol. The Morgan fingerprint density at radius 2 is 2.00 bits per heavy atom. The van der Waals surface area contributed by atoms with Gasteiger partial charge in [-0.2, -0.15) is 0 Å². The Morgan fingerprint density at radius 1 is 1.31 bits per heavy atom. The van der Waals surface area contributed by atoms with Crippen molar-refractivity contribution in [2.24, 2.45) is 5.92 Å². The monoisotopic (exact) mass is 426 g/mol. The number of halogens is 1. The zero-order valence-electron chi connectivity index (χ0n) is 15.5. The second-order valence-corrected chi connectivity index (χ2v) is 7.83. The van der Waals surface area contributed by atoms with Gasteiger partial charge in [-0.05, 0) is 30.5 Å². The second kappa shape index (κ2) is 9.80. The number of hydrogen-bond donors (Lipinski definition) is 1. The number of benzene rings is 1. The van der Waals surface area contributed by atoms with E-state index in [9.17, 15) is 9.59 Å². The summed E-state index contributed by atoms with van der Waals surface area (Å²) < 4.78 is 11.6. The third-order valence-corrected chi connectivity index (χ3v) is 4.83. The molecule has 1 aromatic rings. The van der Waals surface area contributed by atoms with Gasteiger partial charge in [0.05, 0.1) is 7.11 Å². The molecule has 1 N–H and O–H groups in total. The Hall–Kier alpha value is -1.76. The summed E-state index contributed by atoms with van der Waals surface area (Å²) in [5, 5.41) is 2.66. The number of nitrogens with zero attached hydrogens (tertiary/aromatic N) is 1. The third-order valence-electron chi connectivity index (χ3n) is 4.34. The number of carbonyl (C=O) groups is 2. The Kier molecular flexibility index (Phi) is 7.75. The van der Waals surface area contributed by atoms with Crippen LogP contribution in [0.15, 0.2) is 28.7 Å². The Morgan fingerprint density at radius 3 is 2.58 bits per heavy atom. The summed E-state index contributed by atoms with van der Waals surface area (Å²) in [6.07, 6.45) is 1.64. The van der Waals surface area contributed by atoms with Crippen LogP contribution >= 0.6 is 15.9 Å². The number of methoxy groups -OCH3 is 1. The quantitative estimate of drug-likeness (QED) is 0.754. The lowest BCUT2D eigenvalue weighted by Gasteiger charge is -2.34. The van der Waals surface area contributed by atoms with E-state index in [4.69, 9.17) is 4.74 Å². The van der Waals surface area contributed by atoms with Crippen LogP contribution in [-0.4, -0.2) is 49.2 Å². The van der Waals surface area contributed by atoms with Crippen molar-refractivity contribution >= 4 is 27.9 Å². The minimum atomic E-state index is -0.572. The molecule has 26 heavy (non-hydrogen) atoms. The summed E-state index contributed by atoms with van der Waals surface area (Å²) in [6, 6.07) is 7.22. The molecular formula is C19H27BrN2O4. The van der Waals surface area contributed by atoms with Gasteiger partial charge >= 0.3 is 6.09 Å². The van der Waals surface area contributed by atoms with E-state index in [2.05, 4.69) is 26.0 Å². The molecule has 1 atom stereocenters. The predicted octanol–water partition coefficient (Wildman–Crippen LogP) is 3.59. The van der Waals surface area contributed by atoms with Crippen LogP contribution in [-0.2, 0) is 9.53 Å². The zero-order chi connectivity index (χ0) is 19.1. The Balaban J connectivity index is 1.89.